The predicted octanol–water partition coefficient (Wildman–Crippen LogP) is 2.29. The molecular weight excluding hydrogens is 228 g/mol. The van der Waals surface area contributed by atoms with Gasteiger partial charge in [0.1, 0.15) is 5.58 Å². The lowest BCUT2D eigenvalue weighted by molar-refractivity contribution is 0.558. The highest BCUT2D eigenvalue weighted by atomic mass is 16.4. The van der Waals surface area contributed by atoms with E-state index in [1.54, 1.807) is 6.07 Å². The molecule has 0 amide bonds. The molecule has 1 N–H and O–H groups in total. The first-order valence-electron chi connectivity index (χ1n) is 6.38. The summed E-state index contributed by atoms with van der Waals surface area (Å²) in [5.74, 6) is 0. The first-order chi connectivity index (χ1) is 8.84. The Hall–Kier alpha value is -1.81. The Kier molecular flexibility index (Phi) is 3.02. The third-order valence-corrected chi connectivity index (χ3v) is 3.28. The van der Waals surface area contributed by atoms with E-state index in [1.807, 2.05) is 24.3 Å². The van der Waals surface area contributed by atoms with Crippen molar-refractivity contribution in [1.29, 1.82) is 0 Å². The van der Waals surface area contributed by atoms with Gasteiger partial charge in [-0.2, -0.15) is 0 Å². The SMILES string of the molecule is O=c1cc(N2CCCCCN2)c2ccccc2o1. The molecule has 0 radical (unpaired) electrons. The molecule has 1 aromatic carbocycles. The van der Waals surface area contributed by atoms with E-state index in [-0.39, 0.29) is 5.63 Å². The van der Waals surface area contributed by atoms with Gasteiger partial charge >= 0.3 is 5.63 Å². The number of rotatable bonds is 1. The number of para-hydroxylation sites is 1. The summed E-state index contributed by atoms with van der Waals surface area (Å²) in [7, 11) is 0. The zero-order valence-electron chi connectivity index (χ0n) is 10.2. The molecule has 2 heterocycles. The van der Waals surface area contributed by atoms with Crippen molar-refractivity contribution in [3.8, 4) is 0 Å². The molecule has 1 fully saturated rings. The van der Waals surface area contributed by atoms with E-state index in [0.717, 1.165) is 30.6 Å². The van der Waals surface area contributed by atoms with Crippen LogP contribution in [0.3, 0.4) is 0 Å². The summed E-state index contributed by atoms with van der Waals surface area (Å²) >= 11 is 0. The van der Waals surface area contributed by atoms with Crippen LogP contribution in [0, 0.1) is 0 Å². The Morgan fingerprint density at radius 2 is 2.06 bits per heavy atom. The van der Waals surface area contributed by atoms with Crippen LogP contribution in [0.5, 0.6) is 0 Å². The van der Waals surface area contributed by atoms with Gasteiger partial charge < -0.3 is 9.43 Å². The van der Waals surface area contributed by atoms with Gasteiger partial charge in [0, 0.05) is 24.5 Å². The van der Waals surface area contributed by atoms with E-state index < -0.39 is 0 Å². The van der Waals surface area contributed by atoms with E-state index in [9.17, 15) is 4.79 Å². The first-order valence-corrected chi connectivity index (χ1v) is 6.38. The van der Waals surface area contributed by atoms with E-state index >= 15 is 0 Å². The lowest BCUT2D eigenvalue weighted by Gasteiger charge is -2.24. The minimum absolute atomic E-state index is 0.297. The minimum atomic E-state index is -0.297. The quantitative estimate of drug-likeness (QED) is 0.782. The molecule has 4 heteroatoms. The first kappa shape index (κ1) is 11.3. The van der Waals surface area contributed by atoms with E-state index in [4.69, 9.17) is 4.42 Å². The molecule has 3 rings (SSSR count). The van der Waals surface area contributed by atoms with Gasteiger partial charge in [-0.15, -0.1) is 0 Å². The van der Waals surface area contributed by atoms with Gasteiger partial charge in [0.25, 0.3) is 0 Å². The lowest BCUT2D eigenvalue weighted by Crippen LogP contribution is -2.38. The van der Waals surface area contributed by atoms with Crippen molar-refractivity contribution in [2.24, 2.45) is 0 Å². The summed E-state index contributed by atoms with van der Waals surface area (Å²) in [6.07, 6.45) is 3.54. The van der Waals surface area contributed by atoms with Crippen LogP contribution >= 0.6 is 0 Å². The molecule has 18 heavy (non-hydrogen) atoms. The Bertz CT molecular complexity index is 598. The average molecular weight is 244 g/mol. The molecule has 0 spiro atoms. The Balaban J connectivity index is 2.11. The third-order valence-electron chi connectivity index (χ3n) is 3.28. The second kappa shape index (κ2) is 4.82. The summed E-state index contributed by atoms with van der Waals surface area (Å²) in [4.78, 5) is 11.6. The number of benzene rings is 1. The van der Waals surface area contributed by atoms with Crippen molar-refractivity contribution in [3.63, 3.8) is 0 Å². The van der Waals surface area contributed by atoms with E-state index in [2.05, 4.69) is 10.4 Å². The van der Waals surface area contributed by atoms with Gasteiger partial charge in [0.15, 0.2) is 0 Å². The average Bonchev–Trinajstić information content (AvgIpc) is 2.66. The van der Waals surface area contributed by atoms with E-state index in [1.165, 1.54) is 12.8 Å². The fraction of sp³-hybridized carbons (Fsp3) is 0.357. The van der Waals surface area contributed by atoms with Crippen LogP contribution in [0.25, 0.3) is 11.0 Å². The smallest absolute Gasteiger partial charge is 0.338 e. The van der Waals surface area contributed by atoms with Crippen LogP contribution in [0.4, 0.5) is 5.69 Å². The molecule has 1 saturated heterocycles. The summed E-state index contributed by atoms with van der Waals surface area (Å²) in [5.41, 5.74) is 4.64. The fourth-order valence-electron chi connectivity index (χ4n) is 2.39. The Morgan fingerprint density at radius 1 is 1.17 bits per heavy atom. The molecule has 0 bridgehead atoms. The monoisotopic (exact) mass is 244 g/mol. The van der Waals surface area contributed by atoms with Gasteiger partial charge in [-0.25, -0.2) is 10.2 Å². The maximum Gasteiger partial charge on any atom is 0.338 e. The number of hydrogen-bond acceptors (Lipinski definition) is 4. The molecule has 0 saturated carbocycles. The fourth-order valence-corrected chi connectivity index (χ4v) is 2.39. The zero-order valence-corrected chi connectivity index (χ0v) is 10.2. The zero-order chi connectivity index (χ0) is 12.4. The summed E-state index contributed by atoms with van der Waals surface area (Å²) in [6.45, 7) is 1.88. The molecule has 1 aliphatic rings. The summed E-state index contributed by atoms with van der Waals surface area (Å²) in [5, 5.41) is 3.05. The Morgan fingerprint density at radius 3 is 3.00 bits per heavy atom. The van der Waals surface area contributed by atoms with Gasteiger partial charge in [-0.05, 0) is 25.0 Å². The molecule has 1 aromatic heterocycles. The molecule has 0 atom stereocenters. The van der Waals surface area contributed by atoms with Gasteiger partial charge in [-0.1, -0.05) is 18.6 Å². The largest absolute Gasteiger partial charge is 0.423 e. The molecule has 4 nitrogen and oxygen atoms in total. The van der Waals surface area contributed by atoms with Crippen molar-refractivity contribution >= 4 is 16.7 Å². The normalized spacial score (nSPS) is 16.8. The van der Waals surface area contributed by atoms with Gasteiger partial charge in [0.05, 0.1) is 5.69 Å². The van der Waals surface area contributed by atoms with Crippen molar-refractivity contribution in [2.75, 3.05) is 18.1 Å². The maximum absolute atomic E-state index is 11.6. The summed E-state index contributed by atoms with van der Waals surface area (Å²) < 4.78 is 5.21. The van der Waals surface area contributed by atoms with Crippen LogP contribution in [0.15, 0.2) is 39.5 Å². The second-order valence-corrected chi connectivity index (χ2v) is 4.57. The van der Waals surface area contributed by atoms with Gasteiger partial charge in [-0.3, -0.25) is 0 Å². The minimum Gasteiger partial charge on any atom is -0.423 e. The van der Waals surface area contributed by atoms with Crippen molar-refractivity contribution in [2.45, 2.75) is 19.3 Å². The number of nitrogens with zero attached hydrogens (tertiary/aromatic N) is 1. The van der Waals surface area contributed by atoms with E-state index in [0.29, 0.717) is 5.58 Å². The van der Waals surface area contributed by atoms with Crippen LogP contribution in [-0.2, 0) is 0 Å². The van der Waals surface area contributed by atoms with Gasteiger partial charge in [0.2, 0.25) is 0 Å². The van der Waals surface area contributed by atoms with Crippen LogP contribution in [-0.4, -0.2) is 13.1 Å². The predicted molar refractivity (Wildman–Crippen MR) is 71.7 cm³/mol. The third kappa shape index (κ3) is 2.11. The number of hydrazine groups is 1. The van der Waals surface area contributed by atoms with Crippen LogP contribution in [0.1, 0.15) is 19.3 Å². The number of fused-ring (bicyclic) bond motifs is 1. The van der Waals surface area contributed by atoms with Crippen LogP contribution in [0.2, 0.25) is 0 Å². The highest BCUT2D eigenvalue weighted by Crippen LogP contribution is 2.24. The standard InChI is InChI=1S/C14H16N2O2/c17-14-10-12(16-9-5-1-4-8-15-16)11-6-2-3-7-13(11)18-14/h2-3,6-7,10,15H,1,4-5,8-9H2. The topological polar surface area (TPSA) is 45.5 Å². The second-order valence-electron chi connectivity index (χ2n) is 4.57. The van der Waals surface area contributed by atoms with Crippen molar-refractivity contribution in [1.82, 2.24) is 5.43 Å². The lowest BCUT2D eigenvalue weighted by atomic mass is 10.2. The molecule has 0 aliphatic carbocycles. The van der Waals surface area contributed by atoms with Crippen LogP contribution < -0.4 is 16.1 Å². The molecular formula is C14H16N2O2. The number of nitrogens with one attached hydrogen (secondary N) is 1. The number of hydrogen-bond donors (Lipinski definition) is 1. The Labute approximate surface area is 105 Å². The highest BCUT2D eigenvalue weighted by molar-refractivity contribution is 5.89. The highest BCUT2D eigenvalue weighted by Gasteiger charge is 2.14. The molecule has 94 valence electrons. The summed E-state index contributed by atoms with van der Waals surface area (Å²) in [6, 6.07) is 9.23. The molecule has 1 aliphatic heterocycles. The van der Waals surface area contributed by atoms with Crippen molar-refractivity contribution in [3.05, 3.63) is 40.8 Å². The van der Waals surface area contributed by atoms with Crippen molar-refractivity contribution < 1.29 is 4.42 Å². The molecule has 0 unspecified atom stereocenters. The molecule has 2 aromatic rings. The maximum atomic E-state index is 11.6. The number of anilines is 1.